The molecule has 0 saturated heterocycles. The van der Waals surface area contributed by atoms with Crippen LogP contribution >= 0.6 is 0 Å². The van der Waals surface area contributed by atoms with Crippen molar-refractivity contribution >= 4 is 11.6 Å². The maximum Gasteiger partial charge on any atom is 0.272 e. The number of hydrogen-bond acceptors (Lipinski definition) is 4. The highest BCUT2D eigenvalue weighted by Crippen LogP contribution is 2.16. The number of hydrogen-bond donors (Lipinski definition) is 3. The lowest BCUT2D eigenvalue weighted by molar-refractivity contribution is 0.0905. The number of nitrogen functional groups attached to an aromatic ring is 1. The molecular formula is C11H20N4O2. The summed E-state index contributed by atoms with van der Waals surface area (Å²) in [5.74, 6) is -0.286. The van der Waals surface area contributed by atoms with Crippen LogP contribution in [0.4, 0.5) is 5.69 Å². The lowest BCUT2D eigenvalue weighted by Gasteiger charge is -2.14. The topological polar surface area (TPSA) is 93.2 Å². The Morgan fingerprint density at radius 1 is 1.59 bits per heavy atom. The van der Waals surface area contributed by atoms with Crippen LogP contribution in [0.25, 0.3) is 0 Å². The number of amides is 1. The summed E-state index contributed by atoms with van der Waals surface area (Å²) in [6, 6.07) is -0.248. The van der Waals surface area contributed by atoms with E-state index in [4.69, 9.17) is 10.8 Å². The van der Waals surface area contributed by atoms with E-state index in [2.05, 4.69) is 10.4 Å². The van der Waals surface area contributed by atoms with Gasteiger partial charge < -0.3 is 16.2 Å². The third-order valence-electron chi connectivity index (χ3n) is 2.74. The molecule has 17 heavy (non-hydrogen) atoms. The Labute approximate surface area is 101 Å². The summed E-state index contributed by atoms with van der Waals surface area (Å²) in [7, 11) is 0. The van der Waals surface area contributed by atoms with Crippen LogP contribution in [0.3, 0.4) is 0 Å². The molecule has 0 spiro atoms. The van der Waals surface area contributed by atoms with Crippen molar-refractivity contribution in [2.45, 2.75) is 39.8 Å². The molecule has 0 bridgehead atoms. The second kappa shape index (κ2) is 5.67. The number of nitrogens with one attached hydrogen (secondary N) is 1. The fourth-order valence-corrected chi connectivity index (χ4v) is 1.59. The highest BCUT2D eigenvalue weighted by molar-refractivity contribution is 5.98. The van der Waals surface area contributed by atoms with Crippen molar-refractivity contribution in [3.8, 4) is 0 Å². The van der Waals surface area contributed by atoms with Gasteiger partial charge in [0, 0.05) is 6.54 Å². The van der Waals surface area contributed by atoms with Crippen molar-refractivity contribution in [3.05, 3.63) is 11.4 Å². The molecule has 4 N–H and O–H groups in total. The zero-order chi connectivity index (χ0) is 13.0. The third kappa shape index (κ3) is 2.76. The number of rotatable bonds is 5. The molecule has 6 nitrogen and oxygen atoms in total. The molecule has 1 rings (SSSR count). The normalized spacial score (nSPS) is 12.5. The Morgan fingerprint density at radius 3 is 2.71 bits per heavy atom. The molecule has 1 amide bonds. The number of aryl methyl sites for hydroxylation is 2. The van der Waals surface area contributed by atoms with Crippen molar-refractivity contribution in [1.82, 2.24) is 15.1 Å². The largest absolute Gasteiger partial charge is 0.395 e. The van der Waals surface area contributed by atoms with Gasteiger partial charge in [-0.2, -0.15) is 5.10 Å². The van der Waals surface area contributed by atoms with Gasteiger partial charge in [-0.25, -0.2) is 0 Å². The molecule has 0 aliphatic heterocycles. The van der Waals surface area contributed by atoms with Crippen molar-refractivity contribution in [1.29, 1.82) is 0 Å². The first-order valence-electron chi connectivity index (χ1n) is 5.79. The summed E-state index contributed by atoms with van der Waals surface area (Å²) in [4.78, 5) is 12.0. The van der Waals surface area contributed by atoms with E-state index >= 15 is 0 Å². The van der Waals surface area contributed by atoms with E-state index in [-0.39, 0.29) is 18.6 Å². The Hall–Kier alpha value is -1.56. The molecule has 1 atom stereocenters. The predicted octanol–water partition coefficient (Wildman–Crippen LogP) is 0.294. The first-order chi connectivity index (χ1) is 8.04. The summed E-state index contributed by atoms with van der Waals surface area (Å²) in [5, 5.41) is 16.0. The molecule has 0 saturated carbocycles. The summed E-state index contributed by atoms with van der Waals surface area (Å²) < 4.78 is 1.57. The number of aromatic nitrogens is 2. The molecule has 0 radical (unpaired) electrons. The minimum Gasteiger partial charge on any atom is -0.395 e. The molecule has 0 aliphatic rings. The van der Waals surface area contributed by atoms with Crippen molar-refractivity contribution < 1.29 is 9.90 Å². The highest BCUT2D eigenvalue weighted by Gasteiger charge is 2.20. The summed E-state index contributed by atoms with van der Waals surface area (Å²) >= 11 is 0. The number of anilines is 1. The fourth-order valence-electron chi connectivity index (χ4n) is 1.59. The van der Waals surface area contributed by atoms with Gasteiger partial charge in [0.25, 0.3) is 5.91 Å². The van der Waals surface area contributed by atoms with Crippen LogP contribution in [-0.2, 0) is 6.54 Å². The van der Waals surface area contributed by atoms with Gasteiger partial charge in [0.2, 0.25) is 0 Å². The number of carbonyl (C=O) groups excluding carboxylic acids is 1. The molecule has 0 fully saturated rings. The zero-order valence-electron chi connectivity index (χ0n) is 10.5. The number of nitrogens with two attached hydrogens (primary N) is 1. The average Bonchev–Trinajstić information content (AvgIpc) is 2.62. The maximum atomic E-state index is 12.0. The third-order valence-corrected chi connectivity index (χ3v) is 2.74. The van der Waals surface area contributed by atoms with Gasteiger partial charge in [0.05, 0.1) is 24.0 Å². The molecule has 6 heteroatoms. The number of aliphatic hydroxyl groups is 1. The van der Waals surface area contributed by atoms with E-state index < -0.39 is 0 Å². The SMILES string of the molecule is CC[C@H](CO)NC(=O)c1c(N)c(C)nn1CC. The number of aliphatic hydroxyl groups excluding tert-OH is 1. The van der Waals surface area contributed by atoms with Crippen LogP contribution < -0.4 is 11.1 Å². The molecule has 1 aromatic heterocycles. The van der Waals surface area contributed by atoms with Crippen molar-refractivity contribution in [2.24, 2.45) is 0 Å². The van der Waals surface area contributed by atoms with Crippen LogP contribution in [0, 0.1) is 6.92 Å². The first-order valence-corrected chi connectivity index (χ1v) is 5.79. The molecule has 0 aliphatic carbocycles. The van der Waals surface area contributed by atoms with E-state index in [1.165, 1.54) is 0 Å². The van der Waals surface area contributed by atoms with E-state index in [1.807, 2.05) is 13.8 Å². The van der Waals surface area contributed by atoms with Crippen molar-refractivity contribution in [3.63, 3.8) is 0 Å². The second-order valence-electron chi connectivity index (χ2n) is 3.92. The predicted molar refractivity (Wildman–Crippen MR) is 65.7 cm³/mol. The molecule has 0 unspecified atom stereocenters. The number of carbonyl (C=O) groups is 1. The lowest BCUT2D eigenvalue weighted by atomic mass is 10.2. The van der Waals surface area contributed by atoms with Gasteiger partial charge in [0.1, 0.15) is 5.69 Å². The van der Waals surface area contributed by atoms with Gasteiger partial charge in [-0.15, -0.1) is 0 Å². The van der Waals surface area contributed by atoms with Gasteiger partial charge in [0.15, 0.2) is 0 Å². The zero-order valence-corrected chi connectivity index (χ0v) is 10.5. The molecule has 1 aromatic rings. The monoisotopic (exact) mass is 240 g/mol. The van der Waals surface area contributed by atoms with E-state index in [1.54, 1.807) is 11.6 Å². The van der Waals surface area contributed by atoms with E-state index in [0.29, 0.717) is 30.0 Å². The smallest absolute Gasteiger partial charge is 0.272 e. The van der Waals surface area contributed by atoms with E-state index in [0.717, 1.165) is 0 Å². The van der Waals surface area contributed by atoms with Crippen molar-refractivity contribution in [2.75, 3.05) is 12.3 Å². The Balaban J connectivity index is 2.95. The first kappa shape index (κ1) is 13.5. The number of nitrogens with zero attached hydrogens (tertiary/aromatic N) is 2. The molecule has 0 aromatic carbocycles. The quantitative estimate of drug-likeness (QED) is 0.689. The van der Waals surface area contributed by atoms with Gasteiger partial charge in [-0.3, -0.25) is 9.48 Å². The Morgan fingerprint density at radius 2 is 2.24 bits per heavy atom. The van der Waals surface area contributed by atoms with E-state index in [9.17, 15) is 4.79 Å². The Kier molecular flexibility index (Phi) is 4.51. The summed E-state index contributed by atoms with van der Waals surface area (Å²) in [6.07, 6.45) is 0.668. The van der Waals surface area contributed by atoms with Crippen LogP contribution in [-0.4, -0.2) is 33.4 Å². The Bertz CT molecular complexity index is 396. The molecular weight excluding hydrogens is 220 g/mol. The van der Waals surface area contributed by atoms with Gasteiger partial charge in [-0.05, 0) is 20.3 Å². The fraction of sp³-hybridized carbons (Fsp3) is 0.636. The second-order valence-corrected chi connectivity index (χ2v) is 3.92. The minimum absolute atomic E-state index is 0.0820. The van der Waals surface area contributed by atoms with Gasteiger partial charge in [-0.1, -0.05) is 6.92 Å². The summed E-state index contributed by atoms with van der Waals surface area (Å²) in [6.45, 7) is 6.05. The maximum absolute atomic E-state index is 12.0. The average molecular weight is 240 g/mol. The van der Waals surface area contributed by atoms with Crippen LogP contribution in [0.5, 0.6) is 0 Å². The van der Waals surface area contributed by atoms with Crippen LogP contribution in [0.15, 0.2) is 0 Å². The van der Waals surface area contributed by atoms with Crippen LogP contribution in [0.1, 0.15) is 36.5 Å². The van der Waals surface area contributed by atoms with Crippen LogP contribution in [0.2, 0.25) is 0 Å². The van der Waals surface area contributed by atoms with Gasteiger partial charge >= 0.3 is 0 Å². The minimum atomic E-state index is -0.286. The molecule has 1 heterocycles. The standard InChI is InChI=1S/C11H20N4O2/c1-4-8(6-16)13-11(17)10-9(12)7(3)14-15(10)5-2/h8,16H,4-6,12H2,1-3H3,(H,13,17)/t8-/m1/s1. The molecule has 96 valence electrons. The highest BCUT2D eigenvalue weighted by atomic mass is 16.3. The lowest BCUT2D eigenvalue weighted by Crippen LogP contribution is -2.38. The summed E-state index contributed by atoms with van der Waals surface area (Å²) in [5.41, 5.74) is 7.25.